The molecule has 0 spiro atoms. The molecule has 8 nitrogen and oxygen atoms in total. The van der Waals surface area contributed by atoms with Gasteiger partial charge < -0.3 is 5.11 Å². The first-order valence-electron chi connectivity index (χ1n) is 7.67. The number of nitrogens with zero attached hydrogens (tertiary/aromatic N) is 5. The number of hydrogen-bond donors (Lipinski definition) is 2. The monoisotopic (exact) mass is 414 g/mol. The molecule has 0 aliphatic rings. The molecule has 1 aromatic heterocycles. The van der Waals surface area contributed by atoms with Gasteiger partial charge in [0.2, 0.25) is 5.82 Å². The summed E-state index contributed by atoms with van der Waals surface area (Å²) in [6.45, 7) is 1.83. The SMILES string of the molecule is Cc1ccccc1-c1nnn(CC(=O)N/N=C\c2cc(Br)ccc2O)n1. The summed E-state index contributed by atoms with van der Waals surface area (Å²) >= 11 is 3.30. The van der Waals surface area contributed by atoms with Gasteiger partial charge in [-0.2, -0.15) is 9.90 Å². The Morgan fingerprint density at radius 2 is 2.15 bits per heavy atom. The molecule has 0 atom stereocenters. The summed E-state index contributed by atoms with van der Waals surface area (Å²) in [5.41, 5.74) is 4.72. The molecular weight excluding hydrogens is 400 g/mol. The Morgan fingerprint density at radius 3 is 2.96 bits per heavy atom. The molecule has 0 radical (unpaired) electrons. The fourth-order valence-electron chi connectivity index (χ4n) is 2.21. The molecule has 2 aromatic carbocycles. The van der Waals surface area contributed by atoms with E-state index in [1.165, 1.54) is 17.1 Å². The van der Waals surface area contributed by atoms with Crippen molar-refractivity contribution in [1.82, 2.24) is 25.6 Å². The first-order valence-corrected chi connectivity index (χ1v) is 8.46. The molecule has 26 heavy (non-hydrogen) atoms. The van der Waals surface area contributed by atoms with Gasteiger partial charge in [-0.25, -0.2) is 5.43 Å². The first kappa shape index (κ1) is 17.7. The highest BCUT2D eigenvalue weighted by atomic mass is 79.9. The first-order chi connectivity index (χ1) is 12.5. The number of tetrazole rings is 1. The second-order valence-corrected chi connectivity index (χ2v) is 6.37. The molecule has 0 fully saturated rings. The molecular formula is C17H15BrN6O2. The number of halogens is 1. The third-order valence-electron chi connectivity index (χ3n) is 3.51. The van der Waals surface area contributed by atoms with E-state index in [1.807, 2.05) is 31.2 Å². The second-order valence-electron chi connectivity index (χ2n) is 5.45. The number of aryl methyl sites for hydroxylation is 1. The van der Waals surface area contributed by atoms with Crippen molar-refractivity contribution in [2.75, 3.05) is 0 Å². The standard InChI is InChI=1S/C17H15BrN6O2/c1-11-4-2-3-5-14(11)17-21-23-24(22-17)10-16(26)20-19-9-12-8-13(18)6-7-15(12)25/h2-9,25H,10H2,1H3,(H,20,26)/b19-9-. The van der Waals surface area contributed by atoms with Crippen LogP contribution in [0.5, 0.6) is 5.75 Å². The minimum atomic E-state index is -0.413. The van der Waals surface area contributed by atoms with Crippen molar-refractivity contribution in [3.05, 3.63) is 58.1 Å². The number of carbonyl (C=O) groups is 1. The summed E-state index contributed by atoms with van der Waals surface area (Å²) in [5.74, 6) is 0.106. The number of hydrogen-bond acceptors (Lipinski definition) is 6. The van der Waals surface area contributed by atoms with Gasteiger partial charge in [0, 0.05) is 15.6 Å². The van der Waals surface area contributed by atoms with E-state index in [1.54, 1.807) is 12.1 Å². The Kier molecular flexibility index (Phi) is 5.37. The molecule has 0 aliphatic heterocycles. The van der Waals surface area contributed by atoms with Crippen LogP contribution in [0.1, 0.15) is 11.1 Å². The number of nitrogens with one attached hydrogen (secondary N) is 1. The number of benzene rings is 2. The number of phenolic OH excluding ortho intramolecular Hbond substituents is 1. The van der Waals surface area contributed by atoms with Gasteiger partial charge in [-0.1, -0.05) is 40.2 Å². The van der Waals surface area contributed by atoms with E-state index in [4.69, 9.17) is 0 Å². The largest absolute Gasteiger partial charge is 0.507 e. The van der Waals surface area contributed by atoms with E-state index in [0.717, 1.165) is 15.6 Å². The van der Waals surface area contributed by atoms with E-state index in [0.29, 0.717) is 11.4 Å². The number of aromatic nitrogens is 4. The van der Waals surface area contributed by atoms with Gasteiger partial charge in [-0.3, -0.25) is 4.79 Å². The highest BCUT2D eigenvalue weighted by molar-refractivity contribution is 9.10. The van der Waals surface area contributed by atoms with Gasteiger partial charge in [0.25, 0.3) is 5.91 Å². The lowest BCUT2D eigenvalue weighted by molar-refractivity contribution is -0.122. The minimum Gasteiger partial charge on any atom is -0.507 e. The maximum atomic E-state index is 11.9. The smallest absolute Gasteiger partial charge is 0.263 e. The number of rotatable bonds is 5. The number of hydrazone groups is 1. The van der Waals surface area contributed by atoms with Crippen LogP contribution in [-0.4, -0.2) is 37.4 Å². The Hall–Kier alpha value is -3.07. The van der Waals surface area contributed by atoms with Gasteiger partial charge >= 0.3 is 0 Å². The summed E-state index contributed by atoms with van der Waals surface area (Å²) in [7, 11) is 0. The number of amides is 1. The number of carbonyl (C=O) groups excluding carboxylic acids is 1. The van der Waals surface area contributed by atoms with Crippen LogP contribution in [0, 0.1) is 6.92 Å². The topological polar surface area (TPSA) is 105 Å². The van der Waals surface area contributed by atoms with Gasteiger partial charge in [0.15, 0.2) is 0 Å². The molecule has 0 aliphatic carbocycles. The summed E-state index contributed by atoms with van der Waals surface area (Å²) in [5, 5.41) is 25.6. The predicted octanol–water partition coefficient (Wildman–Crippen LogP) is 2.27. The molecule has 2 N–H and O–H groups in total. The molecule has 1 heterocycles. The Morgan fingerprint density at radius 1 is 1.35 bits per heavy atom. The Bertz CT molecular complexity index is 969. The lowest BCUT2D eigenvalue weighted by Crippen LogP contribution is -2.24. The lowest BCUT2D eigenvalue weighted by atomic mass is 10.1. The molecule has 0 saturated heterocycles. The minimum absolute atomic E-state index is 0.0621. The molecule has 9 heteroatoms. The molecule has 3 rings (SSSR count). The lowest BCUT2D eigenvalue weighted by Gasteiger charge is -2.01. The summed E-state index contributed by atoms with van der Waals surface area (Å²) in [6.07, 6.45) is 1.35. The van der Waals surface area contributed by atoms with Crippen molar-refractivity contribution in [3.8, 4) is 17.1 Å². The molecule has 0 unspecified atom stereocenters. The fraction of sp³-hybridized carbons (Fsp3) is 0.118. The van der Waals surface area contributed by atoms with Gasteiger partial charge in [0.1, 0.15) is 12.3 Å². The number of aromatic hydroxyl groups is 1. The van der Waals surface area contributed by atoms with Crippen LogP contribution in [0.3, 0.4) is 0 Å². The third-order valence-corrected chi connectivity index (χ3v) is 4.00. The Balaban J connectivity index is 1.61. The van der Waals surface area contributed by atoms with Crippen molar-refractivity contribution < 1.29 is 9.90 Å². The Labute approximate surface area is 157 Å². The quantitative estimate of drug-likeness (QED) is 0.491. The van der Waals surface area contributed by atoms with E-state index in [-0.39, 0.29) is 12.3 Å². The third kappa shape index (κ3) is 4.31. The zero-order valence-electron chi connectivity index (χ0n) is 13.8. The van der Waals surface area contributed by atoms with Crippen LogP contribution < -0.4 is 5.43 Å². The van der Waals surface area contributed by atoms with Crippen LogP contribution in [0.2, 0.25) is 0 Å². The zero-order valence-corrected chi connectivity index (χ0v) is 15.4. The summed E-state index contributed by atoms with van der Waals surface area (Å²) in [4.78, 5) is 13.1. The van der Waals surface area contributed by atoms with Gasteiger partial charge in [-0.05, 0) is 35.9 Å². The van der Waals surface area contributed by atoms with E-state index < -0.39 is 5.91 Å². The van der Waals surface area contributed by atoms with Crippen molar-refractivity contribution in [2.45, 2.75) is 13.5 Å². The van der Waals surface area contributed by atoms with E-state index >= 15 is 0 Å². The molecule has 3 aromatic rings. The van der Waals surface area contributed by atoms with Crippen LogP contribution in [0.25, 0.3) is 11.4 Å². The molecule has 1 amide bonds. The van der Waals surface area contributed by atoms with Crippen LogP contribution in [0.4, 0.5) is 0 Å². The van der Waals surface area contributed by atoms with Crippen LogP contribution in [-0.2, 0) is 11.3 Å². The highest BCUT2D eigenvalue weighted by Gasteiger charge is 2.10. The molecule has 0 saturated carbocycles. The van der Waals surface area contributed by atoms with Crippen LogP contribution in [0.15, 0.2) is 52.0 Å². The highest BCUT2D eigenvalue weighted by Crippen LogP contribution is 2.20. The van der Waals surface area contributed by atoms with Crippen LogP contribution >= 0.6 is 15.9 Å². The average molecular weight is 415 g/mol. The summed E-state index contributed by atoms with van der Waals surface area (Å²) in [6, 6.07) is 12.6. The maximum Gasteiger partial charge on any atom is 0.263 e. The van der Waals surface area contributed by atoms with Gasteiger partial charge in [0.05, 0.1) is 6.21 Å². The van der Waals surface area contributed by atoms with E-state index in [9.17, 15) is 9.90 Å². The van der Waals surface area contributed by atoms with Crippen molar-refractivity contribution >= 4 is 28.1 Å². The maximum absolute atomic E-state index is 11.9. The zero-order chi connectivity index (χ0) is 18.5. The molecule has 132 valence electrons. The summed E-state index contributed by atoms with van der Waals surface area (Å²) < 4.78 is 0.790. The average Bonchev–Trinajstić information content (AvgIpc) is 3.06. The molecule has 0 bridgehead atoms. The van der Waals surface area contributed by atoms with E-state index in [2.05, 4.69) is 41.9 Å². The number of phenols is 1. The van der Waals surface area contributed by atoms with Gasteiger partial charge in [-0.15, -0.1) is 10.2 Å². The van der Waals surface area contributed by atoms with Crippen molar-refractivity contribution in [2.24, 2.45) is 5.10 Å². The predicted molar refractivity (Wildman–Crippen MR) is 99.5 cm³/mol. The normalized spacial score (nSPS) is 11.0. The second kappa shape index (κ2) is 7.87. The van der Waals surface area contributed by atoms with Crippen molar-refractivity contribution in [3.63, 3.8) is 0 Å². The fourth-order valence-corrected chi connectivity index (χ4v) is 2.59. The van der Waals surface area contributed by atoms with Crippen molar-refractivity contribution in [1.29, 1.82) is 0 Å².